The summed E-state index contributed by atoms with van der Waals surface area (Å²) in [5, 5.41) is 12.9. The second-order valence-electron chi connectivity index (χ2n) is 23.6. The topological polar surface area (TPSA) is 252 Å². The predicted molar refractivity (Wildman–Crippen MR) is 350 cm³/mol. The summed E-state index contributed by atoms with van der Waals surface area (Å²) in [5.74, 6) is 0.758. The number of rotatable bonds is 20. The van der Waals surface area contributed by atoms with Crippen LogP contribution in [0.2, 0.25) is 10.0 Å². The molecule has 5 amide bonds. The first-order valence-corrected chi connectivity index (χ1v) is 33.1. The Kier molecular flexibility index (Phi) is 23.6. The number of fused-ring (bicyclic) bond motifs is 2. The molecule has 3 aromatic heterocycles. The quantitative estimate of drug-likeness (QED) is 0.0474. The van der Waals surface area contributed by atoms with Crippen LogP contribution in [0.3, 0.4) is 0 Å². The van der Waals surface area contributed by atoms with Crippen LogP contribution >= 0.6 is 23.2 Å². The Morgan fingerprint density at radius 1 is 0.796 bits per heavy atom. The number of carbonyl (C=O) groups is 6. The van der Waals surface area contributed by atoms with Crippen molar-refractivity contribution < 1.29 is 69.7 Å². The first kappa shape index (κ1) is 70.2. The number of methoxy groups -OCH3 is 2. The lowest BCUT2D eigenvalue weighted by Gasteiger charge is -2.26. The second-order valence-corrected chi connectivity index (χ2v) is 26.6. The zero-order chi connectivity index (χ0) is 67.4. The molecule has 4 aliphatic rings. The molecule has 25 heteroatoms. The van der Waals surface area contributed by atoms with Crippen molar-refractivity contribution in [2.24, 2.45) is 11.8 Å². The van der Waals surface area contributed by atoms with Crippen LogP contribution in [0.15, 0.2) is 110 Å². The third-order valence-corrected chi connectivity index (χ3v) is 17.1. The summed E-state index contributed by atoms with van der Waals surface area (Å²) in [6.45, 7) is 9.19. The average molecular weight is 1340 g/mol. The van der Waals surface area contributed by atoms with Crippen molar-refractivity contribution in [2.45, 2.75) is 117 Å². The lowest BCUT2D eigenvalue weighted by atomic mass is 9.95. The maximum Gasteiger partial charge on any atom is 0.387 e. The van der Waals surface area contributed by atoms with Crippen molar-refractivity contribution >= 4 is 85.2 Å². The van der Waals surface area contributed by atoms with Crippen molar-refractivity contribution in [3.05, 3.63) is 164 Å². The normalized spacial score (nSPS) is 15.5. The van der Waals surface area contributed by atoms with Gasteiger partial charge in [-0.1, -0.05) is 81.2 Å². The number of aromatic nitrogens is 3. The summed E-state index contributed by atoms with van der Waals surface area (Å²) in [6, 6.07) is 24.3. The number of nitrogens with zero attached hydrogens (tertiary/aromatic N) is 4. The number of hydrogen-bond donors (Lipinski definition) is 3. The largest absolute Gasteiger partial charge is 0.496 e. The van der Waals surface area contributed by atoms with Gasteiger partial charge >= 0.3 is 6.61 Å². The fourth-order valence-corrected chi connectivity index (χ4v) is 12.2. The Morgan fingerprint density at radius 2 is 1.48 bits per heavy atom. The van der Waals surface area contributed by atoms with Crippen LogP contribution in [-0.4, -0.2) is 115 Å². The van der Waals surface area contributed by atoms with Crippen molar-refractivity contribution in [1.29, 1.82) is 0 Å². The van der Waals surface area contributed by atoms with Crippen molar-refractivity contribution in [3.8, 4) is 28.7 Å². The molecule has 1 unspecified atom stereocenters. The molecule has 0 radical (unpaired) electrons. The first-order chi connectivity index (χ1) is 44.2. The number of aryl methyl sites for hydroxylation is 1. The molecule has 20 nitrogen and oxygen atoms in total. The fourth-order valence-electron chi connectivity index (χ4n) is 10.8. The molecule has 0 spiro atoms. The number of ether oxygens (including phenoxy) is 5. The van der Waals surface area contributed by atoms with Crippen LogP contribution in [0, 0.1) is 18.8 Å². The number of pyridine rings is 2. The Bertz CT molecular complexity index is 4010. The third-order valence-electron chi connectivity index (χ3n) is 15.6. The number of imide groups is 1. The zero-order valence-corrected chi connectivity index (χ0v) is 55.3. The summed E-state index contributed by atoms with van der Waals surface area (Å²) in [5.41, 5.74) is 5.76. The van der Waals surface area contributed by atoms with Crippen LogP contribution in [-0.2, 0) is 19.4 Å². The molecule has 494 valence electrons. The lowest BCUT2D eigenvalue weighted by molar-refractivity contribution is -0.119. The molecule has 2 atom stereocenters. The maximum absolute atomic E-state index is 13.3. The summed E-state index contributed by atoms with van der Waals surface area (Å²) in [4.78, 5) is 78.7. The summed E-state index contributed by atoms with van der Waals surface area (Å²) in [7, 11) is -0.366. The molecule has 2 aliphatic heterocycles. The number of anilines is 2. The number of alkyl halides is 2. The molecule has 3 fully saturated rings. The van der Waals surface area contributed by atoms with Crippen LogP contribution in [0.1, 0.15) is 161 Å². The Morgan fingerprint density at radius 3 is 2.09 bits per heavy atom. The van der Waals surface area contributed by atoms with Gasteiger partial charge in [-0.2, -0.15) is 13.9 Å². The van der Waals surface area contributed by atoms with Gasteiger partial charge in [0, 0.05) is 62.1 Å². The van der Waals surface area contributed by atoms with Gasteiger partial charge in [0.2, 0.25) is 11.8 Å². The smallest absolute Gasteiger partial charge is 0.387 e. The monoisotopic (exact) mass is 1340 g/mol. The van der Waals surface area contributed by atoms with E-state index in [1.165, 1.54) is 69.6 Å². The number of Topliss-reactive ketones (excluding diaryl/α,β-unsaturated/α-hetero) is 1. The van der Waals surface area contributed by atoms with Gasteiger partial charge in [-0.05, 0) is 135 Å². The van der Waals surface area contributed by atoms with Gasteiger partial charge < -0.3 is 39.6 Å². The molecular formula is C68H75Cl2F2N7O13S. The molecular weight excluding hydrogens is 1260 g/mol. The maximum atomic E-state index is 13.3. The predicted octanol–water partition coefficient (Wildman–Crippen LogP) is 13.3. The Labute approximate surface area is 548 Å². The minimum absolute atomic E-state index is 0.000654. The van der Waals surface area contributed by atoms with Gasteiger partial charge in [0.05, 0.1) is 88.0 Å². The van der Waals surface area contributed by atoms with E-state index < -0.39 is 46.0 Å². The Hall–Kier alpha value is -8.67. The highest BCUT2D eigenvalue weighted by Crippen LogP contribution is 2.40. The number of halogens is 4. The lowest BCUT2D eigenvalue weighted by Crippen LogP contribution is -2.37. The van der Waals surface area contributed by atoms with E-state index in [1.54, 1.807) is 42.8 Å². The molecule has 4 aromatic carbocycles. The van der Waals surface area contributed by atoms with Gasteiger partial charge in [-0.25, -0.2) is 12.9 Å². The Balaban J connectivity index is 0.000000163. The second kappa shape index (κ2) is 31.3. The van der Waals surface area contributed by atoms with E-state index in [1.807, 2.05) is 56.4 Å². The van der Waals surface area contributed by atoms with Crippen LogP contribution in [0.25, 0.3) is 5.52 Å². The summed E-state index contributed by atoms with van der Waals surface area (Å²) < 4.78 is 77.9. The molecule has 2 saturated carbocycles. The highest BCUT2D eigenvalue weighted by molar-refractivity contribution is 7.90. The van der Waals surface area contributed by atoms with Gasteiger partial charge in [-0.15, -0.1) is 0 Å². The van der Waals surface area contributed by atoms with E-state index in [-0.39, 0.29) is 85.0 Å². The molecule has 11 rings (SSSR count). The number of amides is 5. The molecule has 2 aliphatic carbocycles. The van der Waals surface area contributed by atoms with Crippen LogP contribution in [0.5, 0.6) is 28.7 Å². The highest BCUT2D eigenvalue weighted by Gasteiger charge is 2.43. The van der Waals surface area contributed by atoms with E-state index in [0.717, 1.165) is 76.2 Å². The molecule has 0 bridgehead atoms. The van der Waals surface area contributed by atoms with E-state index in [4.69, 9.17) is 42.1 Å². The van der Waals surface area contributed by atoms with E-state index in [2.05, 4.69) is 44.6 Å². The number of ketones is 1. The van der Waals surface area contributed by atoms with Gasteiger partial charge in [0.25, 0.3) is 17.7 Å². The highest BCUT2D eigenvalue weighted by atomic mass is 35.5. The number of sulfone groups is 1. The summed E-state index contributed by atoms with van der Waals surface area (Å²) >= 11 is 12.0. The number of benzene rings is 4. The SMILES string of the molecule is CC(C)C(=O)c1c(C(C)C)nn2ccccc12.COc1ccc(C2CNC(=O)C2)cc1OC1CCCC1.COc1ccc([C@@H](CS(C)(=O)=O)N2C(=O)c3cccc(NC(C)=O)c3C2=O)cc1C.O=C(Nc1c(Cl)cncc1Cl)c1ccc(OC(F)F)c(OCC2CC2)c1. The van der Waals surface area contributed by atoms with Crippen molar-refractivity contribution in [2.75, 3.05) is 50.0 Å². The summed E-state index contributed by atoms with van der Waals surface area (Å²) in [6.07, 6.45) is 13.3. The molecule has 5 heterocycles. The standard InChI is InChI=1S/C21H22N2O6S.C17H14Cl2F2N2O3.C16H21NO3.C14H18N2O/c1-12-10-14(8-9-18(12)29-3)17(11-30(4,27)28)23-20(25)15-6-5-7-16(22-13(2)24)19(15)21(23)26;18-11-6-22-7-12(19)15(11)23-16(24)10-3-4-13(26-17(20)21)14(5-10)25-8-9-1-2-9;1-19-14-7-6-11(12-9-16(18)17-10-12)8-15(14)20-13-4-2-3-5-13;1-9(2)13-12(14(17)10(3)4)11-7-5-6-8-16(11)15-13/h5-10,17H,11H2,1-4H3,(H,22,24);3-7,9,17H,1-2,8H2,(H,22,23,24);6-8,12-13H,2-5,9-10H2,1H3,(H,17,18);5-10H,1-4H3/t17-;;;/m1.../s1. The van der Waals surface area contributed by atoms with Gasteiger partial charge in [-0.3, -0.25) is 38.7 Å². The minimum Gasteiger partial charge on any atom is -0.496 e. The molecule has 3 N–H and O–H groups in total. The van der Waals surface area contributed by atoms with Crippen molar-refractivity contribution in [3.63, 3.8) is 0 Å². The number of carbonyl (C=O) groups excluding carboxylic acids is 6. The number of hydrogen-bond acceptors (Lipinski definition) is 15. The first-order valence-electron chi connectivity index (χ1n) is 30.3. The number of nitrogens with one attached hydrogen (secondary N) is 3. The zero-order valence-electron chi connectivity index (χ0n) is 53.0. The third kappa shape index (κ3) is 18.1. The van der Waals surface area contributed by atoms with Crippen LogP contribution < -0.4 is 39.6 Å². The van der Waals surface area contributed by atoms with Gasteiger partial charge in [0.15, 0.2) is 28.8 Å². The average Bonchev–Trinajstić information content (AvgIpc) is 1.61. The van der Waals surface area contributed by atoms with Gasteiger partial charge in [0.1, 0.15) is 15.6 Å². The van der Waals surface area contributed by atoms with Crippen LogP contribution in [0.4, 0.5) is 20.2 Å². The molecule has 1 saturated heterocycles. The van der Waals surface area contributed by atoms with E-state index in [0.29, 0.717) is 42.9 Å². The molecule has 7 aromatic rings. The minimum atomic E-state index is -3.55. The fraction of sp³-hybridized carbons (Fsp3) is 0.382. The van der Waals surface area contributed by atoms with Crippen molar-refractivity contribution in [1.82, 2.24) is 24.8 Å². The van der Waals surface area contributed by atoms with E-state index in [9.17, 15) is 46.0 Å². The molecule has 93 heavy (non-hydrogen) atoms. The van der Waals surface area contributed by atoms with E-state index >= 15 is 0 Å².